The lowest BCUT2D eigenvalue weighted by atomic mass is 10.1. The summed E-state index contributed by atoms with van der Waals surface area (Å²) in [6, 6.07) is 17.2. The highest BCUT2D eigenvalue weighted by atomic mass is 35.5. The van der Waals surface area contributed by atoms with Gasteiger partial charge in [-0.1, -0.05) is 30.3 Å². The lowest BCUT2D eigenvalue weighted by molar-refractivity contribution is 0.0104. The molecule has 0 radical (unpaired) electrons. The fourth-order valence-electron chi connectivity index (χ4n) is 2.93. The molecule has 5 heteroatoms. The fourth-order valence-corrected chi connectivity index (χ4v) is 2.93. The van der Waals surface area contributed by atoms with Crippen molar-refractivity contribution >= 4 is 24.1 Å². The summed E-state index contributed by atoms with van der Waals surface area (Å²) in [7, 11) is 0. The summed E-state index contributed by atoms with van der Waals surface area (Å²) in [6.07, 6.45) is 1.77. The predicted molar refractivity (Wildman–Crippen MR) is 98.3 cm³/mol. The summed E-state index contributed by atoms with van der Waals surface area (Å²) in [4.78, 5) is 14.4. The molecular formula is C19H23ClN2O2. The molecule has 2 aromatic rings. The van der Waals surface area contributed by atoms with Crippen LogP contribution >= 0.6 is 12.4 Å². The zero-order valence-corrected chi connectivity index (χ0v) is 14.4. The standard InChI is InChI=1S/C19H22N2O2.ClH/c20-17-8-4-5-15(13-17)14-21-11-9-18(10-12-21)23-19(22)16-6-2-1-3-7-16;/h1-8,13,18H,9-12,14,20H2;1H. The number of hydrogen-bond donors (Lipinski definition) is 1. The number of anilines is 1. The molecular weight excluding hydrogens is 324 g/mol. The van der Waals surface area contributed by atoms with Gasteiger partial charge in [-0.15, -0.1) is 12.4 Å². The van der Waals surface area contributed by atoms with E-state index in [1.54, 1.807) is 12.1 Å². The van der Waals surface area contributed by atoms with Crippen molar-refractivity contribution in [2.75, 3.05) is 18.8 Å². The second-order valence-electron chi connectivity index (χ2n) is 5.99. The molecule has 0 saturated carbocycles. The van der Waals surface area contributed by atoms with E-state index in [1.807, 2.05) is 36.4 Å². The van der Waals surface area contributed by atoms with Gasteiger partial charge in [-0.05, 0) is 42.7 Å². The minimum atomic E-state index is -0.222. The highest BCUT2D eigenvalue weighted by Crippen LogP contribution is 2.18. The molecule has 1 aliphatic rings. The van der Waals surface area contributed by atoms with E-state index < -0.39 is 0 Å². The zero-order chi connectivity index (χ0) is 16.1. The van der Waals surface area contributed by atoms with Gasteiger partial charge in [-0.2, -0.15) is 0 Å². The Bertz CT molecular complexity index is 655. The van der Waals surface area contributed by atoms with Crippen molar-refractivity contribution in [3.8, 4) is 0 Å². The van der Waals surface area contributed by atoms with Crippen molar-refractivity contribution in [3.63, 3.8) is 0 Å². The summed E-state index contributed by atoms with van der Waals surface area (Å²) in [5.41, 5.74) is 8.47. The SMILES string of the molecule is Cl.Nc1cccc(CN2CCC(OC(=O)c3ccccc3)CC2)c1. The Labute approximate surface area is 149 Å². The molecule has 0 aromatic heterocycles. The summed E-state index contributed by atoms with van der Waals surface area (Å²) < 4.78 is 5.61. The van der Waals surface area contributed by atoms with Crippen molar-refractivity contribution in [2.45, 2.75) is 25.5 Å². The minimum absolute atomic E-state index is 0. The van der Waals surface area contributed by atoms with Crippen LogP contribution < -0.4 is 5.73 Å². The number of carbonyl (C=O) groups excluding carboxylic acids is 1. The van der Waals surface area contributed by atoms with Crippen molar-refractivity contribution in [1.82, 2.24) is 4.90 Å². The monoisotopic (exact) mass is 346 g/mol. The fraction of sp³-hybridized carbons (Fsp3) is 0.316. The van der Waals surface area contributed by atoms with Gasteiger partial charge in [0.2, 0.25) is 0 Å². The molecule has 0 amide bonds. The molecule has 2 N–H and O–H groups in total. The van der Waals surface area contributed by atoms with E-state index in [0.29, 0.717) is 5.56 Å². The molecule has 0 atom stereocenters. The molecule has 3 rings (SSSR count). The third-order valence-corrected chi connectivity index (χ3v) is 4.18. The highest BCUT2D eigenvalue weighted by Gasteiger charge is 2.22. The van der Waals surface area contributed by atoms with E-state index in [4.69, 9.17) is 10.5 Å². The van der Waals surface area contributed by atoms with E-state index in [1.165, 1.54) is 5.56 Å². The molecule has 0 aliphatic carbocycles. The maximum Gasteiger partial charge on any atom is 0.338 e. The molecule has 24 heavy (non-hydrogen) atoms. The number of nitrogen functional groups attached to an aromatic ring is 1. The third kappa shape index (κ3) is 4.98. The van der Waals surface area contributed by atoms with E-state index in [0.717, 1.165) is 38.2 Å². The molecule has 1 saturated heterocycles. The highest BCUT2D eigenvalue weighted by molar-refractivity contribution is 5.89. The van der Waals surface area contributed by atoms with Gasteiger partial charge in [0.25, 0.3) is 0 Å². The molecule has 128 valence electrons. The topological polar surface area (TPSA) is 55.6 Å². The molecule has 0 spiro atoms. The number of ether oxygens (including phenoxy) is 1. The smallest absolute Gasteiger partial charge is 0.338 e. The number of benzene rings is 2. The lowest BCUT2D eigenvalue weighted by Gasteiger charge is -2.31. The van der Waals surface area contributed by atoms with Crippen LogP contribution in [-0.2, 0) is 11.3 Å². The van der Waals surface area contributed by atoms with Gasteiger partial charge in [0.15, 0.2) is 0 Å². The van der Waals surface area contributed by atoms with Crippen LogP contribution in [0.3, 0.4) is 0 Å². The van der Waals surface area contributed by atoms with E-state index in [2.05, 4.69) is 11.0 Å². The Hall–Kier alpha value is -2.04. The van der Waals surface area contributed by atoms with Crippen LogP contribution in [0.1, 0.15) is 28.8 Å². The Balaban J connectivity index is 0.00000208. The number of nitrogens with zero attached hydrogens (tertiary/aromatic N) is 1. The van der Waals surface area contributed by atoms with Crippen LogP contribution in [0.4, 0.5) is 5.69 Å². The summed E-state index contributed by atoms with van der Waals surface area (Å²) in [6.45, 7) is 2.76. The van der Waals surface area contributed by atoms with Gasteiger partial charge in [0.05, 0.1) is 5.56 Å². The molecule has 1 fully saturated rings. The zero-order valence-electron chi connectivity index (χ0n) is 13.6. The van der Waals surface area contributed by atoms with E-state index >= 15 is 0 Å². The minimum Gasteiger partial charge on any atom is -0.459 e. The van der Waals surface area contributed by atoms with Crippen LogP contribution in [-0.4, -0.2) is 30.1 Å². The lowest BCUT2D eigenvalue weighted by Crippen LogP contribution is -2.37. The number of rotatable bonds is 4. The molecule has 0 unspecified atom stereocenters. The van der Waals surface area contributed by atoms with Gasteiger partial charge >= 0.3 is 5.97 Å². The number of esters is 1. The number of hydrogen-bond acceptors (Lipinski definition) is 4. The van der Waals surface area contributed by atoms with Crippen molar-refractivity contribution in [1.29, 1.82) is 0 Å². The first-order valence-corrected chi connectivity index (χ1v) is 8.03. The number of halogens is 1. The molecule has 4 nitrogen and oxygen atoms in total. The Morgan fingerprint density at radius 3 is 2.46 bits per heavy atom. The number of nitrogens with two attached hydrogens (primary N) is 1. The van der Waals surface area contributed by atoms with Gasteiger partial charge in [-0.3, -0.25) is 4.90 Å². The van der Waals surface area contributed by atoms with Gasteiger partial charge < -0.3 is 10.5 Å². The summed E-state index contributed by atoms with van der Waals surface area (Å²) in [5.74, 6) is -0.222. The van der Waals surface area contributed by atoms with Crippen molar-refractivity contribution < 1.29 is 9.53 Å². The average Bonchev–Trinajstić information content (AvgIpc) is 2.57. The normalized spacial score (nSPS) is 15.5. The van der Waals surface area contributed by atoms with Crippen molar-refractivity contribution in [2.24, 2.45) is 0 Å². The summed E-state index contributed by atoms with van der Waals surface area (Å²) in [5, 5.41) is 0. The van der Waals surface area contributed by atoms with Crippen LogP contribution in [0.5, 0.6) is 0 Å². The van der Waals surface area contributed by atoms with Crippen LogP contribution in [0, 0.1) is 0 Å². The number of piperidine rings is 1. The van der Waals surface area contributed by atoms with Gasteiger partial charge in [0, 0.05) is 25.3 Å². The van der Waals surface area contributed by atoms with Gasteiger partial charge in [0.1, 0.15) is 6.10 Å². The quantitative estimate of drug-likeness (QED) is 0.680. The largest absolute Gasteiger partial charge is 0.459 e. The van der Waals surface area contributed by atoms with E-state index in [9.17, 15) is 4.79 Å². The Kier molecular flexibility index (Phi) is 6.64. The first-order chi connectivity index (χ1) is 11.2. The molecule has 0 bridgehead atoms. The maximum atomic E-state index is 12.1. The molecule has 2 aromatic carbocycles. The number of carbonyl (C=O) groups is 1. The Morgan fingerprint density at radius 2 is 1.79 bits per heavy atom. The first-order valence-electron chi connectivity index (χ1n) is 8.03. The van der Waals surface area contributed by atoms with Crippen molar-refractivity contribution in [3.05, 3.63) is 65.7 Å². The van der Waals surface area contributed by atoms with Crippen LogP contribution in [0.25, 0.3) is 0 Å². The van der Waals surface area contributed by atoms with Gasteiger partial charge in [-0.25, -0.2) is 4.79 Å². The molecule has 1 aliphatic heterocycles. The summed E-state index contributed by atoms with van der Waals surface area (Å²) >= 11 is 0. The Morgan fingerprint density at radius 1 is 1.08 bits per heavy atom. The van der Waals surface area contributed by atoms with Crippen LogP contribution in [0.15, 0.2) is 54.6 Å². The van der Waals surface area contributed by atoms with E-state index in [-0.39, 0.29) is 24.5 Å². The second-order valence-corrected chi connectivity index (χ2v) is 5.99. The van der Waals surface area contributed by atoms with Crippen LogP contribution in [0.2, 0.25) is 0 Å². The molecule has 1 heterocycles. The average molecular weight is 347 g/mol. The predicted octanol–water partition coefficient (Wildman–Crippen LogP) is 3.51. The second kappa shape index (κ2) is 8.71. The number of likely N-dealkylation sites (tertiary alicyclic amines) is 1. The first kappa shape index (κ1) is 18.3. The maximum absolute atomic E-state index is 12.1. The third-order valence-electron chi connectivity index (χ3n) is 4.18.